The van der Waals surface area contributed by atoms with Gasteiger partial charge < -0.3 is 10.2 Å². The van der Waals surface area contributed by atoms with Crippen LogP contribution in [0.1, 0.15) is 16.7 Å². The predicted molar refractivity (Wildman–Crippen MR) is 172 cm³/mol. The van der Waals surface area contributed by atoms with Crippen molar-refractivity contribution in [3.05, 3.63) is 129 Å². The van der Waals surface area contributed by atoms with Gasteiger partial charge in [0, 0.05) is 35.1 Å². The van der Waals surface area contributed by atoms with Crippen LogP contribution < -0.4 is 9.62 Å². The first-order valence-corrected chi connectivity index (χ1v) is 15.9. The van der Waals surface area contributed by atoms with Crippen molar-refractivity contribution in [2.75, 3.05) is 17.9 Å². The third kappa shape index (κ3) is 8.09. The minimum Gasteiger partial charge on any atom is -0.357 e. The number of carbonyl (C=O) groups is 2. The van der Waals surface area contributed by atoms with Crippen molar-refractivity contribution < 1.29 is 18.0 Å². The molecule has 0 fully saturated rings. The van der Waals surface area contributed by atoms with Crippen LogP contribution in [0.25, 0.3) is 0 Å². The second kappa shape index (κ2) is 14.3. The van der Waals surface area contributed by atoms with Crippen LogP contribution in [0.15, 0.2) is 102 Å². The van der Waals surface area contributed by atoms with Crippen LogP contribution in [-0.2, 0) is 32.6 Å². The summed E-state index contributed by atoms with van der Waals surface area (Å²) in [6.07, 6.45) is 0.184. The molecule has 0 aliphatic heterocycles. The number of aryl methyl sites for hydroxylation is 1. The number of rotatable bonds is 11. The molecule has 1 atom stereocenters. The second-order valence-electron chi connectivity index (χ2n) is 9.88. The average molecular weight is 659 g/mol. The molecule has 4 aromatic rings. The van der Waals surface area contributed by atoms with E-state index in [1.807, 2.05) is 37.3 Å². The summed E-state index contributed by atoms with van der Waals surface area (Å²) in [6.45, 7) is 1.19. The monoisotopic (exact) mass is 657 g/mol. The van der Waals surface area contributed by atoms with Gasteiger partial charge in [-0.05, 0) is 66.6 Å². The summed E-state index contributed by atoms with van der Waals surface area (Å²) in [5, 5.41) is 3.78. The minimum absolute atomic E-state index is 0.0142. The first kappa shape index (κ1) is 32.4. The molecule has 0 radical (unpaired) electrons. The van der Waals surface area contributed by atoms with E-state index < -0.39 is 34.4 Å². The van der Waals surface area contributed by atoms with Crippen LogP contribution in [0.4, 0.5) is 5.69 Å². The van der Waals surface area contributed by atoms with Gasteiger partial charge in [0.2, 0.25) is 11.8 Å². The number of sulfonamides is 1. The summed E-state index contributed by atoms with van der Waals surface area (Å²) < 4.78 is 29.0. The highest BCUT2D eigenvalue weighted by atomic mass is 35.5. The van der Waals surface area contributed by atoms with Crippen LogP contribution in [0, 0.1) is 6.92 Å². The number of nitrogens with one attached hydrogen (secondary N) is 1. The lowest BCUT2D eigenvalue weighted by molar-refractivity contribution is -0.139. The molecule has 0 aromatic heterocycles. The molecule has 0 saturated carbocycles. The van der Waals surface area contributed by atoms with E-state index in [2.05, 4.69) is 5.32 Å². The van der Waals surface area contributed by atoms with Crippen LogP contribution in [0.3, 0.4) is 0 Å². The molecule has 0 spiro atoms. The van der Waals surface area contributed by atoms with Gasteiger partial charge in [-0.3, -0.25) is 13.9 Å². The fraction of sp³-hybridized carbons (Fsp3) is 0.188. The molecule has 1 N–H and O–H groups in total. The standard InChI is InChI=1S/C32H30Cl3N3O4S/c1-22-8-16-28(17-9-22)43(41,42)38(27-14-12-25(33)13-15-27)21-31(39)37(20-24-10-11-26(34)19-29(24)35)30(32(40)36-2)18-23-6-4-3-5-7-23/h3-17,19,30H,18,20-21H2,1-2H3,(H,36,40). The lowest BCUT2D eigenvalue weighted by Gasteiger charge is -2.33. The molecular weight excluding hydrogens is 629 g/mol. The fourth-order valence-corrected chi connectivity index (χ4v) is 6.54. The number of hydrogen-bond donors (Lipinski definition) is 1. The summed E-state index contributed by atoms with van der Waals surface area (Å²) in [4.78, 5) is 29.0. The topological polar surface area (TPSA) is 86.8 Å². The Bertz CT molecular complexity index is 1680. The molecule has 7 nitrogen and oxygen atoms in total. The molecular formula is C32H30Cl3N3O4S. The van der Waals surface area contributed by atoms with Gasteiger partial charge >= 0.3 is 0 Å². The lowest BCUT2D eigenvalue weighted by Crippen LogP contribution is -2.53. The van der Waals surface area contributed by atoms with E-state index in [4.69, 9.17) is 34.8 Å². The van der Waals surface area contributed by atoms with Gasteiger partial charge in [0.25, 0.3) is 10.0 Å². The first-order valence-electron chi connectivity index (χ1n) is 13.3. The Morgan fingerprint density at radius 3 is 2.07 bits per heavy atom. The maximum Gasteiger partial charge on any atom is 0.264 e. The number of amides is 2. The lowest BCUT2D eigenvalue weighted by atomic mass is 10.0. The van der Waals surface area contributed by atoms with Crippen molar-refractivity contribution in [2.24, 2.45) is 0 Å². The zero-order valence-electron chi connectivity index (χ0n) is 23.5. The van der Waals surface area contributed by atoms with Crippen molar-refractivity contribution in [2.45, 2.75) is 30.8 Å². The Morgan fingerprint density at radius 2 is 1.47 bits per heavy atom. The number of carbonyl (C=O) groups excluding carboxylic acids is 2. The van der Waals surface area contributed by atoms with Gasteiger partial charge in [0.05, 0.1) is 10.6 Å². The Kier molecular flexibility index (Phi) is 10.7. The summed E-state index contributed by atoms with van der Waals surface area (Å²) in [5.41, 5.74) is 2.48. The second-order valence-corrected chi connectivity index (χ2v) is 13.0. The molecule has 4 aromatic carbocycles. The van der Waals surface area contributed by atoms with Crippen LogP contribution in [-0.4, -0.2) is 44.8 Å². The number of anilines is 1. The third-order valence-corrected chi connectivity index (χ3v) is 9.50. The molecule has 1 unspecified atom stereocenters. The van der Waals surface area contributed by atoms with Crippen molar-refractivity contribution in [3.63, 3.8) is 0 Å². The zero-order chi connectivity index (χ0) is 31.1. The highest BCUT2D eigenvalue weighted by molar-refractivity contribution is 7.92. The normalized spacial score (nSPS) is 11.9. The summed E-state index contributed by atoms with van der Waals surface area (Å²) >= 11 is 18.7. The van der Waals surface area contributed by atoms with E-state index in [1.165, 1.54) is 36.2 Å². The number of hydrogen-bond acceptors (Lipinski definition) is 4. The predicted octanol–water partition coefficient (Wildman–Crippen LogP) is 6.54. The van der Waals surface area contributed by atoms with Gasteiger partial charge in [-0.25, -0.2) is 8.42 Å². The Hall–Kier alpha value is -3.56. The van der Waals surface area contributed by atoms with E-state index in [1.54, 1.807) is 42.5 Å². The van der Waals surface area contributed by atoms with E-state index in [0.29, 0.717) is 20.6 Å². The van der Waals surface area contributed by atoms with E-state index >= 15 is 0 Å². The van der Waals surface area contributed by atoms with Gasteiger partial charge in [0.1, 0.15) is 12.6 Å². The largest absolute Gasteiger partial charge is 0.357 e. The number of halogens is 3. The summed E-state index contributed by atoms with van der Waals surface area (Å²) in [7, 11) is -2.72. The van der Waals surface area contributed by atoms with Gasteiger partial charge in [-0.1, -0.05) is 88.9 Å². The Morgan fingerprint density at radius 1 is 0.837 bits per heavy atom. The smallest absolute Gasteiger partial charge is 0.264 e. The Balaban J connectivity index is 1.80. The van der Waals surface area contributed by atoms with Crippen molar-refractivity contribution in [1.29, 1.82) is 0 Å². The number of nitrogens with zero attached hydrogens (tertiary/aromatic N) is 2. The van der Waals surface area contributed by atoms with Crippen LogP contribution >= 0.6 is 34.8 Å². The maximum atomic E-state index is 14.3. The SMILES string of the molecule is CNC(=O)C(Cc1ccccc1)N(Cc1ccc(Cl)cc1Cl)C(=O)CN(c1ccc(Cl)cc1)S(=O)(=O)c1ccc(C)cc1. The molecule has 0 bridgehead atoms. The molecule has 0 aliphatic carbocycles. The van der Waals surface area contributed by atoms with Crippen LogP contribution in [0.5, 0.6) is 0 Å². The van der Waals surface area contributed by atoms with E-state index in [0.717, 1.165) is 15.4 Å². The zero-order valence-corrected chi connectivity index (χ0v) is 26.6. The molecule has 0 heterocycles. The fourth-order valence-electron chi connectivity index (χ4n) is 4.53. The molecule has 4 rings (SSSR count). The molecule has 0 aliphatic rings. The Labute approximate surface area is 267 Å². The molecule has 224 valence electrons. The average Bonchev–Trinajstić information content (AvgIpc) is 2.99. The van der Waals surface area contributed by atoms with Crippen molar-refractivity contribution in [1.82, 2.24) is 10.2 Å². The van der Waals surface area contributed by atoms with Gasteiger partial charge in [-0.2, -0.15) is 0 Å². The third-order valence-electron chi connectivity index (χ3n) is 6.88. The van der Waals surface area contributed by atoms with E-state index in [9.17, 15) is 18.0 Å². The highest BCUT2D eigenvalue weighted by Crippen LogP contribution is 2.28. The summed E-state index contributed by atoms with van der Waals surface area (Å²) in [5.74, 6) is -1.03. The van der Waals surface area contributed by atoms with Crippen molar-refractivity contribution in [3.8, 4) is 0 Å². The molecule has 11 heteroatoms. The summed E-state index contributed by atoms with van der Waals surface area (Å²) in [6, 6.07) is 25.6. The van der Waals surface area contributed by atoms with E-state index in [-0.39, 0.29) is 23.5 Å². The first-order chi connectivity index (χ1) is 20.5. The van der Waals surface area contributed by atoms with Crippen molar-refractivity contribution >= 4 is 62.3 Å². The van der Waals surface area contributed by atoms with Gasteiger partial charge in [0.15, 0.2) is 0 Å². The highest BCUT2D eigenvalue weighted by Gasteiger charge is 2.34. The number of benzene rings is 4. The maximum absolute atomic E-state index is 14.3. The quantitative estimate of drug-likeness (QED) is 0.198. The van der Waals surface area contributed by atoms with Crippen LogP contribution in [0.2, 0.25) is 15.1 Å². The molecule has 0 saturated heterocycles. The van der Waals surface area contributed by atoms with Gasteiger partial charge in [-0.15, -0.1) is 0 Å². The molecule has 43 heavy (non-hydrogen) atoms. The minimum atomic E-state index is -4.21. The molecule has 2 amide bonds. The number of likely N-dealkylation sites (N-methyl/N-ethyl adjacent to an activating group) is 1.